The second-order valence-electron chi connectivity index (χ2n) is 6.94. The minimum atomic E-state index is -0.296. The predicted molar refractivity (Wildman–Crippen MR) is 99.1 cm³/mol. The summed E-state index contributed by atoms with van der Waals surface area (Å²) in [4.78, 5) is 26.4. The van der Waals surface area contributed by atoms with Gasteiger partial charge in [-0.1, -0.05) is 31.1 Å². The Morgan fingerprint density at radius 3 is 2.46 bits per heavy atom. The van der Waals surface area contributed by atoms with Crippen LogP contribution in [-0.2, 0) is 4.79 Å². The van der Waals surface area contributed by atoms with E-state index in [1.54, 1.807) is 17.9 Å². The zero-order valence-corrected chi connectivity index (χ0v) is 15.3. The van der Waals surface area contributed by atoms with E-state index in [0.29, 0.717) is 17.5 Å². The predicted octanol–water partition coefficient (Wildman–Crippen LogP) is 3.74. The lowest BCUT2D eigenvalue weighted by molar-refractivity contribution is -0.116. The highest BCUT2D eigenvalue weighted by Gasteiger charge is 2.34. The zero-order valence-electron chi connectivity index (χ0n) is 15.3. The summed E-state index contributed by atoms with van der Waals surface area (Å²) in [5.41, 5.74) is 1.93. The Bertz CT molecular complexity index is 778. The summed E-state index contributed by atoms with van der Waals surface area (Å²) in [6.07, 6.45) is 1.83. The van der Waals surface area contributed by atoms with Gasteiger partial charge in [-0.05, 0) is 43.4 Å². The number of carbonyl (C=O) groups is 2. The van der Waals surface area contributed by atoms with Gasteiger partial charge in [0, 0.05) is 17.8 Å². The van der Waals surface area contributed by atoms with Gasteiger partial charge < -0.3 is 20.1 Å². The van der Waals surface area contributed by atoms with E-state index in [4.69, 9.17) is 4.52 Å². The van der Waals surface area contributed by atoms with E-state index in [-0.39, 0.29) is 24.5 Å². The van der Waals surface area contributed by atoms with Crippen LogP contribution in [0, 0.1) is 6.92 Å². The molecule has 0 saturated heterocycles. The number of carbonyl (C=O) groups excluding carboxylic acids is 2. The monoisotopic (exact) mass is 356 g/mol. The SMILES string of the molecule is Cc1cc(NC(=O)CN(C(=O)Nc2ccc(C(C)C)cc2)C2CC2)no1. The van der Waals surface area contributed by atoms with Gasteiger partial charge in [-0.15, -0.1) is 0 Å². The topological polar surface area (TPSA) is 87.5 Å². The molecule has 0 bridgehead atoms. The van der Waals surface area contributed by atoms with Gasteiger partial charge in [-0.3, -0.25) is 4.79 Å². The van der Waals surface area contributed by atoms with E-state index < -0.39 is 0 Å². The minimum Gasteiger partial charge on any atom is -0.360 e. The molecule has 1 saturated carbocycles. The molecule has 0 unspecified atom stereocenters. The van der Waals surface area contributed by atoms with Crippen molar-refractivity contribution in [3.05, 3.63) is 41.7 Å². The molecular weight excluding hydrogens is 332 g/mol. The van der Waals surface area contributed by atoms with Crippen molar-refractivity contribution in [2.75, 3.05) is 17.2 Å². The molecule has 0 spiro atoms. The molecule has 1 aromatic heterocycles. The molecule has 3 rings (SSSR count). The summed E-state index contributed by atoms with van der Waals surface area (Å²) < 4.78 is 4.93. The quantitative estimate of drug-likeness (QED) is 0.825. The first-order valence-electron chi connectivity index (χ1n) is 8.83. The van der Waals surface area contributed by atoms with E-state index in [0.717, 1.165) is 18.5 Å². The van der Waals surface area contributed by atoms with Crippen molar-refractivity contribution in [1.82, 2.24) is 10.1 Å². The summed E-state index contributed by atoms with van der Waals surface area (Å²) in [7, 11) is 0. The standard InChI is InChI=1S/C19H24N4O3/c1-12(2)14-4-6-15(7-5-14)20-19(25)23(16-8-9-16)11-18(24)21-17-10-13(3)26-22-17/h4-7,10,12,16H,8-9,11H2,1-3H3,(H,20,25)(H,21,22,24). The lowest BCUT2D eigenvalue weighted by Crippen LogP contribution is -2.42. The first-order valence-corrected chi connectivity index (χ1v) is 8.83. The van der Waals surface area contributed by atoms with Crippen LogP contribution in [0.25, 0.3) is 0 Å². The summed E-state index contributed by atoms with van der Waals surface area (Å²) in [6.45, 7) is 5.97. The average molecular weight is 356 g/mol. The smallest absolute Gasteiger partial charge is 0.322 e. The van der Waals surface area contributed by atoms with Crippen molar-refractivity contribution in [2.45, 2.75) is 45.6 Å². The number of hydrogen-bond acceptors (Lipinski definition) is 4. The zero-order chi connectivity index (χ0) is 18.7. The molecule has 138 valence electrons. The third kappa shape index (κ3) is 4.62. The van der Waals surface area contributed by atoms with Gasteiger partial charge in [0.05, 0.1) is 0 Å². The molecule has 7 nitrogen and oxygen atoms in total. The number of nitrogens with one attached hydrogen (secondary N) is 2. The number of anilines is 2. The van der Waals surface area contributed by atoms with Crippen molar-refractivity contribution in [3.8, 4) is 0 Å². The van der Waals surface area contributed by atoms with Gasteiger partial charge in [0.2, 0.25) is 5.91 Å². The van der Waals surface area contributed by atoms with Crippen LogP contribution in [0.1, 0.15) is 43.9 Å². The average Bonchev–Trinajstić information content (AvgIpc) is 3.35. The van der Waals surface area contributed by atoms with E-state index in [1.165, 1.54) is 5.56 Å². The van der Waals surface area contributed by atoms with Crippen molar-refractivity contribution in [1.29, 1.82) is 0 Å². The summed E-state index contributed by atoms with van der Waals surface area (Å²) in [5.74, 6) is 1.11. The maximum Gasteiger partial charge on any atom is 0.322 e. The molecule has 3 amide bonds. The van der Waals surface area contributed by atoms with Crippen molar-refractivity contribution < 1.29 is 14.1 Å². The van der Waals surface area contributed by atoms with Crippen molar-refractivity contribution in [2.24, 2.45) is 0 Å². The fourth-order valence-corrected chi connectivity index (χ4v) is 2.66. The fraction of sp³-hybridized carbons (Fsp3) is 0.421. The molecule has 1 aromatic carbocycles. The molecule has 2 N–H and O–H groups in total. The summed E-state index contributed by atoms with van der Waals surface area (Å²) >= 11 is 0. The lowest BCUT2D eigenvalue weighted by atomic mass is 10.0. The Labute approximate surface area is 152 Å². The first-order chi connectivity index (χ1) is 12.4. The largest absolute Gasteiger partial charge is 0.360 e. The Morgan fingerprint density at radius 2 is 1.92 bits per heavy atom. The van der Waals surface area contributed by atoms with Crippen LogP contribution in [0.3, 0.4) is 0 Å². The number of urea groups is 1. The van der Waals surface area contributed by atoms with Crippen LogP contribution in [0.2, 0.25) is 0 Å². The third-order valence-corrected chi connectivity index (χ3v) is 4.29. The Balaban J connectivity index is 1.60. The molecular formula is C19H24N4O3. The maximum atomic E-state index is 12.6. The van der Waals surface area contributed by atoms with Crippen molar-refractivity contribution >= 4 is 23.4 Å². The van der Waals surface area contributed by atoms with E-state index in [1.807, 2.05) is 24.3 Å². The second kappa shape index (κ2) is 7.59. The van der Waals surface area contributed by atoms with Gasteiger partial charge >= 0.3 is 6.03 Å². The molecule has 1 aliphatic rings. The fourth-order valence-electron chi connectivity index (χ4n) is 2.66. The normalized spacial score (nSPS) is 13.5. The number of nitrogens with zero attached hydrogens (tertiary/aromatic N) is 2. The van der Waals surface area contributed by atoms with Crippen LogP contribution in [0.15, 0.2) is 34.9 Å². The van der Waals surface area contributed by atoms with Gasteiger partial charge in [-0.2, -0.15) is 0 Å². The molecule has 2 aromatic rings. The number of benzene rings is 1. The van der Waals surface area contributed by atoms with Gasteiger partial charge in [0.15, 0.2) is 5.82 Å². The van der Waals surface area contributed by atoms with E-state index in [2.05, 4.69) is 29.6 Å². The Kier molecular flexibility index (Phi) is 5.25. The summed E-state index contributed by atoms with van der Waals surface area (Å²) in [6, 6.07) is 9.25. The minimum absolute atomic E-state index is 0.0213. The number of hydrogen-bond donors (Lipinski definition) is 2. The number of rotatable bonds is 6. The number of aromatic nitrogens is 1. The third-order valence-electron chi connectivity index (χ3n) is 4.29. The lowest BCUT2D eigenvalue weighted by Gasteiger charge is -2.22. The van der Waals surface area contributed by atoms with Crippen LogP contribution in [-0.4, -0.2) is 34.6 Å². The van der Waals surface area contributed by atoms with E-state index in [9.17, 15) is 9.59 Å². The Hall–Kier alpha value is -2.83. The number of aryl methyl sites for hydroxylation is 1. The van der Waals surface area contributed by atoms with Gasteiger partial charge in [-0.25, -0.2) is 4.79 Å². The Morgan fingerprint density at radius 1 is 1.23 bits per heavy atom. The second-order valence-corrected chi connectivity index (χ2v) is 6.94. The molecule has 1 fully saturated rings. The van der Waals surface area contributed by atoms with E-state index >= 15 is 0 Å². The highest BCUT2D eigenvalue weighted by atomic mass is 16.5. The molecule has 7 heteroatoms. The van der Waals surface area contributed by atoms with Crippen LogP contribution in [0.5, 0.6) is 0 Å². The van der Waals surface area contributed by atoms with Crippen LogP contribution < -0.4 is 10.6 Å². The maximum absolute atomic E-state index is 12.6. The van der Waals surface area contributed by atoms with Gasteiger partial charge in [0.25, 0.3) is 0 Å². The molecule has 1 aliphatic carbocycles. The molecule has 0 atom stereocenters. The molecule has 0 radical (unpaired) electrons. The van der Waals surface area contributed by atoms with Crippen LogP contribution >= 0.6 is 0 Å². The molecule has 0 aliphatic heterocycles. The van der Waals surface area contributed by atoms with Crippen LogP contribution in [0.4, 0.5) is 16.3 Å². The molecule has 26 heavy (non-hydrogen) atoms. The number of amides is 3. The van der Waals surface area contributed by atoms with Gasteiger partial charge in [0.1, 0.15) is 12.3 Å². The molecule has 1 heterocycles. The van der Waals surface area contributed by atoms with Crippen molar-refractivity contribution in [3.63, 3.8) is 0 Å². The summed E-state index contributed by atoms with van der Waals surface area (Å²) in [5, 5.41) is 9.26. The first kappa shape index (κ1) is 18.0. The highest BCUT2D eigenvalue weighted by Crippen LogP contribution is 2.27. The highest BCUT2D eigenvalue weighted by molar-refractivity contribution is 5.96.